The van der Waals surface area contributed by atoms with Gasteiger partial charge >= 0.3 is 0 Å². The quantitative estimate of drug-likeness (QED) is 0.753. The number of fused-ring (bicyclic) bond motifs is 1. The summed E-state index contributed by atoms with van der Waals surface area (Å²) in [5.41, 5.74) is 1.02. The smallest absolute Gasteiger partial charge is 0.227 e. The van der Waals surface area contributed by atoms with E-state index in [0.717, 1.165) is 11.1 Å². The number of carbonyl (C=O) groups is 1. The van der Waals surface area contributed by atoms with Crippen LogP contribution in [-0.4, -0.2) is 65.1 Å². The third kappa shape index (κ3) is 3.25. The van der Waals surface area contributed by atoms with Crippen LogP contribution in [0.5, 0.6) is 0 Å². The Hall–Kier alpha value is -2.29. The monoisotopic (exact) mass is 413 g/mol. The molecule has 29 heavy (non-hydrogen) atoms. The molecule has 0 radical (unpaired) electrons. The molecule has 1 aromatic heterocycles. The number of hydrogen-bond acceptors (Lipinski definition) is 5. The lowest BCUT2D eigenvalue weighted by molar-refractivity contribution is -0.150. The Labute approximate surface area is 170 Å². The molecular formula is C21H23N3O4S. The lowest BCUT2D eigenvalue weighted by atomic mass is 9.99. The number of ether oxygens (including phenoxy) is 1. The minimum Gasteiger partial charge on any atom is -0.365 e. The van der Waals surface area contributed by atoms with Gasteiger partial charge in [-0.2, -0.15) is 4.31 Å². The van der Waals surface area contributed by atoms with Gasteiger partial charge in [0.05, 0.1) is 19.1 Å². The normalized spacial score (nSPS) is 30.3. The van der Waals surface area contributed by atoms with Crippen LogP contribution in [0.1, 0.15) is 17.5 Å². The average Bonchev–Trinajstić information content (AvgIpc) is 3.08. The highest BCUT2D eigenvalue weighted by Gasteiger charge is 2.65. The molecule has 0 N–H and O–H groups in total. The number of aromatic nitrogens is 1. The fourth-order valence-corrected chi connectivity index (χ4v) is 7.15. The third-order valence-corrected chi connectivity index (χ3v) is 8.49. The van der Waals surface area contributed by atoms with Gasteiger partial charge in [-0.25, -0.2) is 8.42 Å². The zero-order valence-corrected chi connectivity index (χ0v) is 16.8. The Kier molecular flexibility index (Phi) is 4.45. The Morgan fingerprint density at radius 2 is 1.86 bits per heavy atom. The minimum atomic E-state index is -3.48. The fraction of sp³-hybridized carbons (Fsp3) is 0.429. The summed E-state index contributed by atoms with van der Waals surface area (Å²) in [5.74, 6) is 0.0227. The van der Waals surface area contributed by atoms with Crippen LogP contribution in [0.4, 0.5) is 0 Å². The maximum Gasteiger partial charge on any atom is 0.227 e. The van der Waals surface area contributed by atoms with Crippen molar-refractivity contribution in [1.29, 1.82) is 0 Å². The van der Waals surface area contributed by atoms with Crippen molar-refractivity contribution in [2.45, 2.75) is 36.3 Å². The van der Waals surface area contributed by atoms with Gasteiger partial charge in [0.2, 0.25) is 15.9 Å². The zero-order chi connectivity index (χ0) is 20.1. The van der Waals surface area contributed by atoms with Gasteiger partial charge in [-0.05, 0) is 29.7 Å². The van der Waals surface area contributed by atoms with Gasteiger partial charge in [0.25, 0.3) is 0 Å². The first-order chi connectivity index (χ1) is 14.0. The number of benzene rings is 1. The van der Waals surface area contributed by atoms with Gasteiger partial charge in [0.1, 0.15) is 10.9 Å². The van der Waals surface area contributed by atoms with E-state index in [1.165, 1.54) is 4.31 Å². The summed E-state index contributed by atoms with van der Waals surface area (Å²) in [5, 5.41) is -0.587. The molecule has 3 aliphatic heterocycles. The van der Waals surface area contributed by atoms with Crippen molar-refractivity contribution in [1.82, 2.24) is 14.2 Å². The molecule has 1 spiro atoms. The predicted octanol–water partition coefficient (Wildman–Crippen LogP) is 1.21. The van der Waals surface area contributed by atoms with E-state index >= 15 is 0 Å². The molecule has 5 rings (SSSR count). The van der Waals surface area contributed by atoms with Gasteiger partial charge in [-0.1, -0.05) is 30.3 Å². The van der Waals surface area contributed by atoms with Gasteiger partial charge in [-0.15, -0.1) is 0 Å². The van der Waals surface area contributed by atoms with Gasteiger partial charge in [0.15, 0.2) is 0 Å². The van der Waals surface area contributed by atoms with E-state index < -0.39 is 20.9 Å². The molecule has 0 aliphatic carbocycles. The second-order valence-corrected chi connectivity index (χ2v) is 10.2. The number of nitrogens with zero attached hydrogens (tertiary/aromatic N) is 3. The lowest BCUT2D eigenvalue weighted by Gasteiger charge is -2.39. The Morgan fingerprint density at radius 3 is 2.62 bits per heavy atom. The number of hydrogen-bond donors (Lipinski definition) is 0. The summed E-state index contributed by atoms with van der Waals surface area (Å²) in [6.07, 6.45) is 3.88. The topological polar surface area (TPSA) is 79.8 Å². The second kappa shape index (κ2) is 6.90. The Bertz CT molecular complexity index is 1010. The predicted molar refractivity (Wildman–Crippen MR) is 106 cm³/mol. The molecule has 3 saturated heterocycles. The Balaban J connectivity index is 1.36. The summed E-state index contributed by atoms with van der Waals surface area (Å²) >= 11 is 0. The van der Waals surface area contributed by atoms with E-state index in [9.17, 15) is 13.2 Å². The van der Waals surface area contributed by atoms with Crippen LogP contribution in [0.3, 0.4) is 0 Å². The summed E-state index contributed by atoms with van der Waals surface area (Å²) in [6, 6.07) is 13.3. The molecule has 3 fully saturated rings. The molecule has 7 nitrogen and oxygen atoms in total. The van der Waals surface area contributed by atoms with Crippen LogP contribution in [0.15, 0.2) is 54.9 Å². The van der Waals surface area contributed by atoms with Crippen molar-refractivity contribution < 1.29 is 17.9 Å². The van der Waals surface area contributed by atoms with Crippen LogP contribution in [-0.2, 0) is 32.5 Å². The third-order valence-electron chi connectivity index (χ3n) is 6.17. The minimum absolute atomic E-state index is 0.0227. The molecule has 3 atom stereocenters. The van der Waals surface area contributed by atoms with Crippen LogP contribution in [0, 0.1) is 0 Å². The Morgan fingerprint density at radius 1 is 1.10 bits per heavy atom. The number of likely N-dealkylation sites (tertiary alicyclic amines) is 1. The number of morpholine rings is 1. The van der Waals surface area contributed by atoms with E-state index in [-0.39, 0.29) is 18.6 Å². The summed E-state index contributed by atoms with van der Waals surface area (Å²) in [7, 11) is -3.48. The SMILES string of the molecule is O=C(Cc1ccccc1)N1C[C@@H]2C[C@@H]3[C@@](C1)(CN(Cc1ccncc1)S3(=O)=O)O2. The first-order valence-electron chi connectivity index (χ1n) is 9.84. The van der Waals surface area contributed by atoms with Crippen molar-refractivity contribution in [3.8, 4) is 0 Å². The average molecular weight is 413 g/mol. The van der Waals surface area contributed by atoms with Gasteiger partial charge < -0.3 is 9.64 Å². The molecule has 1 amide bonds. The van der Waals surface area contributed by atoms with E-state index in [0.29, 0.717) is 32.5 Å². The van der Waals surface area contributed by atoms with Crippen LogP contribution >= 0.6 is 0 Å². The molecule has 152 valence electrons. The van der Waals surface area contributed by atoms with Crippen molar-refractivity contribution in [3.63, 3.8) is 0 Å². The fourth-order valence-electron chi connectivity index (χ4n) is 4.85. The molecule has 2 bridgehead atoms. The molecule has 3 aliphatic rings. The van der Waals surface area contributed by atoms with Crippen molar-refractivity contribution in [2.24, 2.45) is 0 Å². The summed E-state index contributed by atoms with van der Waals surface area (Å²) < 4.78 is 34.1. The standard InChI is InChI=1S/C21H23N3O4S/c25-20(10-16-4-2-1-3-5-16)23-13-18-11-19-21(14-23,28-18)15-24(29(19,26)27)12-17-6-8-22-9-7-17/h1-9,18-19H,10-15H2/t18-,19+,21+/m0/s1. The highest BCUT2D eigenvalue weighted by molar-refractivity contribution is 7.90. The van der Waals surface area contributed by atoms with Crippen LogP contribution in [0.25, 0.3) is 0 Å². The highest BCUT2D eigenvalue weighted by atomic mass is 32.2. The second-order valence-electron chi connectivity index (χ2n) is 8.13. The van der Waals surface area contributed by atoms with Gasteiger partial charge in [-0.3, -0.25) is 9.78 Å². The van der Waals surface area contributed by atoms with Crippen molar-refractivity contribution >= 4 is 15.9 Å². The number of sulfonamides is 1. The molecule has 0 unspecified atom stereocenters. The van der Waals surface area contributed by atoms with E-state index in [4.69, 9.17) is 4.74 Å². The van der Waals surface area contributed by atoms with Gasteiger partial charge in [0, 0.05) is 32.0 Å². The largest absolute Gasteiger partial charge is 0.365 e. The maximum absolute atomic E-state index is 13.2. The van der Waals surface area contributed by atoms with E-state index in [2.05, 4.69) is 4.98 Å². The lowest BCUT2D eigenvalue weighted by Crippen LogP contribution is -2.56. The maximum atomic E-state index is 13.2. The number of amides is 1. The van der Waals surface area contributed by atoms with Crippen LogP contribution in [0.2, 0.25) is 0 Å². The van der Waals surface area contributed by atoms with E-state index in [1.807, 2.05) is 42.5 Å². The molecule has 2 aromatic rings. The first-order valence-corrected chi connectivity index (χ1v) is 11.3. The van der Waals surface area contributed by atoms with Crippen molar-refractivity contribution in [3.05, 3.63) is 66.0 Å². The summed E-state index contributed by atoms with van der Waals surface area (Å²) in [6.45, 7) is 1.37. The zero-order valence-electron chi connectivity index (χ0n) is 16.0. The molecule has 4 heterocycles. The van der Waals surface area contributed by atoms with Crippen molar-refractivity contribution in [2.75, 3.05) is 19.6 Å². The number of carbonyl (C=O) groups excluding carboxylic acids is 1. The molecule has 1 aromatic carbocycles. The highest BCUT2D eigenvalue weighted by Crippen LogP contribution is 2.47. The number of rotatable bonds is 4. The molecular weight excluding hydrogens is 390 g/mol. The molecule has 0 saturated carbocycles. The van der Waals surface area contributed by atoms with Crippen LogP contribution < -0.4 is 0 Å². The summed E-state index contributed by atoms with van der Waals surface area (Å²) in [4.78, 5) is 18.7. The first kappa shape index (κ1) is 18.7. The molecule has 8 heteroatoms. The number of pyridine rings is 1. The van der Waals surface area contributed by atoms with E-state index in [1.54, 1.807) is 17.3 Å².